The van der Waals surface area contributed by atoms with Crippen molar-refractivity contribution in [3.05, 3.63) is 69.8 Å². The van der Waals surface area contributed by atoms with Crippen LogP contribution in [0.25, 0.3) is 0 Å². The van der Waals surface area contributed by atoms with Crippen molar-refractivity contribution in [3.8, 4) is 5.75 Å². The Hall–Kier alpha value is -2.54. The maximum Gasteiger partial charge on any atom is 0.269 e. The number of nitro benzene ring substituents is 1. The molecule has 7 heteroatoms. The topological polar surface area (TPSA) is 81.5 Å². The van der Waals surface area contributed by atoms with Crippen LogP contribution >= 0.6 is 11.8 Å². The van der Waals surface area contributed by atoms with E-state index in [1.165, 1.54) is 23.9 Å². The number of nitrogens with one attached hydrogen (secondary N) is 1. The van der Waals surface area contributed by atoms with Gasteiger partial charge in [-0.3, -0.25) is 14.9 Å². The summed E-state index contributed by atoms with van der Waals surface area (Å²) in [5.41, 5.74) is 2.07. The van der Waals surface area contributed by atoms with Gasteiger partial charge in [0.1, 0.15) is 5.75 Å². The van der Waals surface area contributed by atoms with Crippen LogP contribution in [0.5, 0.6) is 5.75 Å². The molecule has 2 rings (SSSR count). The minimum Gasteiger partial charge on any atom is -0.497 e. The lowest BCUT2D eigenvalue weighted by Gasteiger charge is -2.17. The lowest BCUT2D eigenvalue weighted by molar-refractivity contribution is -0.384. The highest BCUT2D eigenvalue weighted by Gasteiger charge is 2.13. The van der Waals surface area contributed by atoms with Gasteiger partial charge in [-0.25, -0.2) is 0 Å². The number of thioether (sulfide) groups is 1. The summed E-state index contributed by atoms with van der Waals surface area (Å²) in [7, 11) is 1.62. The molecule has 6 nitrogen and oxygen atoms in total. The lowest BCUT2D eigenvalue weighted by Crippen LogP contribution is -2.29. The summed E-state index contributed by atoms with van der Waals surface area (Å²) in [6.07, 6.45) is 0.797. The summed E-state index contributed by atoms with van der Waals surface area (Å²) >= 11 is 1.48. The first-order valence-electron chi connectivity index (χ1n) is 8.28. The van der Waals surface area contributed by atoms with Crippen molar-refractivity contribution in [3.63, 3.8) is 0 Å². The molecule has 0 fully saturated rings. The number of methoxy groups -OCH3 is 1. The van der Waals surface area contributed by atoms with E-state index in [2.05, 4.69) is 5.32 Å². The summed E-state index contributed by atoms with van der Waals surface area (Å²) in [5.74, 6) is 1.72. The van der Waals surface area contributed by atoms with Crippen LogP contribution in [-0.2, 0) is 10.5 Å². The average molecular weight is 374 g/mol. The van der Waals surface area contributed by atoms with Gasteiger partial charge >= 0.3 is 0 Å². The zero-order chi connectivity index (χ0) is 18.9. The Balaban J connectivity index is 1.81. The minimum atomic E-state index is -0.422. The second-order valence-electron chi connectivity index (χ2n) is 5.72. The van der Waals surface area contributed by atoms with Crippen LogP contribution in [0.2, 0.25) is 0 Å². The summed E-state index contributed by atoms with van der Waals surface area (Å²) < 4.78 is 5.15. The maximum absolute atomic E-state index is 12.2. The smallest absolute Gasteiger partial charge is 0.269 e. The van der Waals surface area contributed by atoms with Gasteiger partial charge < -0.3 is 10.1 Å². The Labute approximate surface area is 157 Å². The number of amides is 1. The summed E-state index contributed by atoms with van der Waals surface area (Å²) in [4.78, 5) is 22.4. The third kappa shape index (κ3) is 5.77. The molecule has 26 heavy (non-hydrogen) atoms. The standard InChI is InChI=1S/C19H22N2O4S/c1-3-18(15-6-10-17(25-2)11-7-15)20-19(22)13-26-12-14-4-8-16(9-5-14)21(23)24/h4-11,18H,3,12-13H2,1-2H3,(H,20,22)/t18-/m1/s1. The quantitative estimate of drug-likeness (QED) is 0.528. The third-order valence-electron chi connectivity index (χ3n) is 3.91. The first-order valence-corrected chi connectivity index (χ1v) is 9.43. The van der Waals surface area contributed by atoms with E-state index in [9.17, 15) is 14.9 Å². The number of non-ortho nitro benzene ring substituents is 1. The van der Waals surface area contributed by atoms with Crippen molar-refractivity contribution in [2.24, 2.45) is 0 Å². The molecule has 0 aliphatic heterocycles. The Morgan fingerprint density at radius 1 is 1.19 bits per heavy atom. The molecule has 0 unspecified atom stereocenters. The number of carbonyl (C=O) groups is 1. The normalized spacial score (nSPS) is 11.6. The second kappa shape index (κ2) is 9.82. The fourth-order valence-corrected chi connectivity index (χ4v) is 3.27. The van der Waals surface area contributed by atoms with Crippen molar-refractivity contribution in [2.45, 2.75) is 25.1 Å². The predicted molar refractivity (Wildman–Crippen MR) is 103 cm³/mol. The Morgan fingerprint density at radius 2 is 1.85 bits per heavy atom. The lowest BCUT2D eigenvalue weighted by atomic mass is 10.0. The Bertz CT molecular complexity index is 732. The van der Waals surface area contributed by atoms with Crippen LogP contribution in [0, 0.1) is 10.1 Å². The van der Waals surface area contributed by atoms with Gasteiger partial charge in [-0.1, -0.05) is 31.2 Å². The first-order chi connectivity index (χ1) is 12.5. The largest absolute Gasteiger partial charge is 0.497 e. The van der Waals surface area contributed by atoms with Crippen LogP contribution in [-0.4, -0.2) is 23.7 Å². The number of hydrogen-bond donors (Lipinski definition) is 1. The predicted octanol–water partition coefficient (Wildman–Crippen LogP) is 4.10. The number of ether oxygens (including phenoxy) is 1. The van der Waals surface area contributed by atoms with Gasteiger partial charge in [0.15, 0.2) is 0 Å². The van der Waals surface area contributed by atoms with Crippen molar-refractivity contribution in [2.75, 3.05) is 12.9 Å². The molecule has 0 saturated heterocycles. The molecule has 0 saturated carbocycles. The van der Waals surface area contributed by atoms with Crippen LogP contribution in [0.1, 0.15) is 30.5 Å². The number of rotatable bonds is 9. The molecule has 0 radical (unpaired) electrons. The molecule has 1 N–H and O–H groups in total. The Kier molecular flexibility index (Phi) is 7.47. The van der Waals surface area contributed by atoms with Gasteiger partial charge in [-0.05, 0) is 29.7 Å². The summed E-state index contributed by atoms with van der Waals surface area (Å²) in [6.45, 7) is 2.03. The summed E-state index contributed by atoms with van der Waals surface area (Å²) in [5, 5.41) is 13.7. The molecule has 138 valence electrons. The Morgan fingerprint density at radius 3 is 2.38 bits per heavy atom. The van der Waals surface area contributed by atoms with Crippen molar-refractivity contribution >= 4 is 23.4 Å². The van der Waals surface area contributed by atoms with E-state index in [0.717, 1.165) is 23.3 Å². The van der Waals surface area contributed by atoms with Gasteiger partial charge in [0, 0.05) is 17.9 Å². The molecule has 0 aliphatic carbocycles. The molecule has 2 aromatic carbocycles. The van der Waals surface area contributed by atoms with Gasteiger partial charge in [0.2, 0.25) is 5.91 Å². The second-order valence-corrected chi connectivity index (χ2v) is 6.70. The van der Waals surface area contributed by atoms with E-state index >= 15 is 0 Å². The van der Waals surface area contributed by atoms with E-state index in [4.69, 9.17) is 4.74 Å². The molecule has 0 heterocycles. The van der Waals surface area contributed by atoms with E-state index in [1.807, 2.05) is 31.2 Å². The molecule has 0 spiro atoms. The van der Waals surface area contributed by atoms with Gasteiger partial charge in [-0.15, -0.1) is 11.8 Å². The van der Waals surface area contributed by atoms with Crippen LogP contribution in [0.4, 0.5) is 5.69 Å². The molecular formula is C19H22N2O4S. The third-order valence-corrected chi connectivity index (χ3v) is 4.91. The number of nitro groups is 1. The molecular weight excluding hydrogens is 352 g/mol. The number of nitrogens with zero attached hydrogens (tertiary/aromatic N) is 1. The van der Waals surface area contributed by atoms with Crippen molar-refractivity contribution in [1.29, 1.82) is 0 Å². The average Bonchev–Trinajstić information content (AvgIpc) is 2.66. The number of carbonyl (C=O) groups excluding carboxylic acids is 1. The van der Waals surface area contributed by atoms with Crippen molar-refractivity contribution in [1.82, 2.24) is 5.32 Å². The highest BCUT2D eigenvalue weighted by molar-refractivity contribution is 7.99. The first kappa shape index (κ1) is 19.8. The minimum absolute atomic E-state index is 0.0282. The van der Waals surface area contributed by atoms with Crippen molar-refractivity contribution < 1.29 is 14.5 Å². The van der Waals surface area contributed by atoms with Gasteiger partial charge in [0.05, 0.1) is 23.8 Å². The highest BCUT2D eigenvalue weighted by Crippen LogP contribution is 2.21. The molecule has 2 aromatic rings. The van der Waals surface area contributed by atoms with Crippen LogP contribution in [0.15, 0.2) is 48.5 Å². The van der Waals surface area contributed by atoms with Gasteiger partial charge in [-0.2, -0.15) is 0 Å². The number of benzene rings is 2. The molecule has 1 amide bonds. The molecule has 0 aliphatic rings. The van der Waals surface area contributed by atoms with E-state index in [-0.39, 0.29) is 17.6 Å². The fourth-order valence-electron chi connectivity index (χ4n) is 2.47. The van der Waals surface area contributed by atoms with Gasteiger partial charge in [0.25, 0.3) is 5.69 Å². The van der Waals surface area contributed by atoms with Crippen LogP contribution < -0.4 is 10.1 Å². The molecule has 0 aromatic heterocycles. The van der Waals surface area contributed by atoms with E-state index in [0.29, 0.717) is 11.5 Å². The molecule has 0 bridgehead atoms. The highest BCUT2D eigenvalue weighted by atomic mass is 32.2. The van der Waals surface area contributed by atoms with E-state index in [1.54, 1.807) is 19.2 Å². The van der Waals surface area contributed by atoms with Crippen LogP contribution in [0.3, 0.4) is 0 Å². The van der Waals surface area contributed by atoms with E-state index < -0.39 is 4.92 Å². The number of hydrogen-bond acceptors (Lipinski definition) is 5. The summed E-state index contributed by atoms with van der Waals surface area (Å²) in [6, 6.07) is 14.0. The molecule has 1 atom stereocenters. The monoisotopic (exact) mass is 374 g/mol. The SMILES string of the molecule is CC[C@@H](NC(=O)CSCc1ccc([N+](=O)[O-])cc1)c1ccc(OC)cc1. The zero-order valence-corrected chi connectivity index (χ0v) is 15.6. The fraction of sp³-hybridized carbons (Fsp3) is 0.316. The maximum atomic E-state index is 12.2. The zero-order valence-electron chi connectivity index (χ0n) is 14.8.